The second-order valence-electron chi connectivity index (χ2n) is 7.75. The molecule has 1 aliphatic heterocycles. The second-order valence-corrected chi connectivity index (χ2v) is 7.75. The van der Waals surface area contributed by atoms with Gasteiger partial charge in [-0.2, -0.15) is 5.10 Å². The van der Waals surface area contributed by atoms with E-state index in [1.165, 1.54) is 30.5 Å². The molecule has 2 aliphatic rings. The van der Waals surface area contributed by atoms with Crippen molar-refractivity contribution < 1.29 is 4.79 Å². The summed E-state index contributed by atoms with van der Waals surface area (Å²) in [6.07, 6.45) is 9.09. The van der Waals surface area contributed by atoms with Crippen LogP contribution in [0.3, 0.4) is 0 Å². The summed E-state index contributed by atoms with van der Waals surface area (Å²) in [5, 5.41) is 4.86. The first-order valence-corrected chi connectivity index (χ1v) is 10.2. The Bertz CT molecular complexity index is 765. The fourth-order valence-corrected chi connectivity index (χ4v) is 4.46. The van der Waals surface area contributed by atoms with E-state index in [1.807, 2.05) is 22.9 Å². The lowest BCUT2D eigenvalue weighted by molar-refractivity contribution is 0.0663. The number of piperidine rings is 1. The third kappa shape index (κ3) is 3.29. The molecule has 1 saturated heterocycles. The van der Waals surface area contributed by atoms with E-state index < -0.39 is 0 Å². The first kappa shape index (κ1) is 17.3. The van der Waals surface area contributed by atoms with Crippen molar-refractivity contribution in [3.8, 4) is 5.69 Å². The lowest BCUT2D eigenvalue weighted by Gasteiger charge is -2.32. The fourth-order valence-electron chi connectivity index (χ4n) is 4.46. The molecule has 0 N–H and O–H groups in total. The van der Waals surface area contributed by atoms with Gasteiger partial charge in [-0.1, -0.05) is 38.0 Å². The number of hydrogen-bond acceptors (Lipinski definition) is 2. The zero-order chi connectivity index (χ0) is 17.9. The topological polar surface area (TPSA) is 38.1 Å². The molecule has 4 rings (SSSR count). The molecule has 0 saturated carbocycles. The Hall–Kier alpha value is -2.10. The number of benzene rings is 1. The zero-order valence-electron chi connectivity index (χ0n) is 15.8. The lowest BCUT2D eigenvalue weighted by Crippen LogP contribution is -2.40. The Balaban J connectivity index is 1.72. The molecule has 1 fully saturated rings. The number of fused-ring (bicyclic) bond motifs is 1. The van der Waals surface area contributed by atoms with Crippen LogP contribution in [-0.2, 0) is 12.8 Å². The van der Waals surface area contributed by atoms with Crippen molar-refractivity contribution in [1.82, 2.24) is 14.7 Å². The van der Waals surface area contributed by atoms with Crippen LogP contribution in [-0.4, -0.2) is 33.7 Å². The Morgan fingerprint density at radius 2 is 1.92 bits per heavy atom. The Morgan fingerprint density at radius 1 is 1.12 bits per heavy atom. The average Bonchev–Trinajstić information content (AvgIpc) is 2.89. The van der Waals surface area contributed by atoms with Crippen molar-refractivity contribution >= 4 is 5.91 Å². The van der Waals surface area contributed by atoms with Crippen LogP contribution < -0.4 is 0 Å². The first-order chi connectivity index (χ1) is 12.8. The molecule has 1 aromatic heterocycles. The normalized spacial score (nSPS) is 20.5. The number of aromatic nitrogens is 2. The van der Waals surface area contributed by atoms with E-state index in [0.29, 0.717) is 11.6 Å². The molecule has 138 valence electrons. The maximum atomic E-state index is 13.3. The van der Waals surface area contributed by atoms with Crippen LogP contribution in [0, 0.1) is 5.92 Å². The minimum Gasteiger partial charge on any atom is -0.337 e. The van der Waals surface area contributed by atoms with Gasteiger partial charge in [0.1, 0.15) is 0 Å². The molecule has 1 amide bonds. The summed E-state index contributed by atoms with van der Waals surface area (Å²) >= 11 is 0. The van der Waals surface area contributed by atoms with Gasteiger partial charge in [0.05, 0.1) is 5.69 Å². The summed E-state index contributed by atoms with van der Waals surface area (Å²) in [5.41, 5.74) is 4.23. The van der Waals surface area contributed by atoms with Crippen LogP contribution in [0.4, 0.5) is 0 Å². The van der Waals surface area contributed by atoms with Crippen LogP contribution in [0.5, 0.6) is 0 Å². The molecule has 1 aliphatic carbocycles. The number of likely N-dealkylation sites (tertiary alicyclic amines) is 1. The number of carbonyl (C=O) groups excluding carboxylic acids is 1. The summed E-state index contributed by atoms with van der Waals surface area (Å²) in [4.78, 5) is 15.4. The van der Waals surface area contributed by atoms with E-state index in [4.69, 9.17) is 5.10 Å². The van der Waals surface area contributed by atoms with Crippen LogP contribution in [0.25, 0.3) is 5.69 Å². The highest BCUT2D eigenvalue weighted by Gasteiger charge is 2.30. The largest absolute Gasteiger partial charge is 0.337 e. The van der Waals surface area contributed by atoms with Crippen molar-refractivity contribution in [1.29, 1.82) is 0 Å². The number of amides is 1. The average molecular weight is 351 g/mol. The molecule has 1 unspecified atom stereocenters. The van der Waals surface area contributed by atoms with Crippen LogP contribution in [0.1, 0.15) is 67.2 Å². The van der Waals surface area contributed by atoms with Crippen LogP contribution >= 0.6 is 0 Å². The van der Waals surface area contributed by atoms with Gasteiger partial charge in [0.2, 0.25) is 0 Å². The number of para-hydroxylation sites is 1. The van der Waals surface area contributed by atoms with Crippen molar-refractivity contribution in [2.75, 3.05) is 13.1 Å². The molecule has 0 bridgehead atoms. The molecular weight excluding hydrogens is 322 g/mol. The molecule has 1 atom stereocenters. The lowest BCUT2D eigenvalue weighted by atomic mass is 9.95. The molecule has 2 aromatic rings. The van der Waals surface area contributed by atoms with Gasteiger partial charge >= 0.3 is 0 Å². The van der Waals surface area contributed by atoms with Crippen molar-refractivity contribution in [3.05, 3.63) is 47.3 Å². The number of nitrogens with zero attached hydrogens (tertiary/aromatic N) is 3. The summed E-state index contributed by atoms with van der Waals surface area (Å²) < 4.78 is 2.04. The quantitative estimate of drug-likeness (QED) is 0.769. The third-order valence-corrected chi connectivity index (χ3v) is 6.02. The van der Waals surface area contributed by atoms with Gasteiger partial charge < -0.3 is 4.90 Å². The summed E-state index contributed by atoms with van der Waals surface area (Å²) in [6, 6.07) is 10.3. The molecule has 1 aromatic carbocycles. The van der Waals surface area contributed by atoms with Gasteiger partial charge in [-0.05, 0) is 56.6 Å². The second kappa shape index (κ2) is 7.65. The molecule has 0 radical (unpaired) electrons. The highest BCUT2D eigenvalue weighted by atomic mass is 16.2. The zero-order valence-corrected chi connectivity index (χ0v) is 15.8. The van der Waals surface area contributed by atoms with E-state index in [2.05, 4.69) is 24.0 Å². The maximum Gasteiger partial charge on any atom is 0.274 e. The van der Waals surface area contributed by atoms with Gasteiger partial charge in [0.25, 0.3) is 5.91 Å². The molecule has 2 heterocycles. The fraction of sp³-hybridized carbons (Fsp3) is 0.545. The van der Waals surface area contributed by atoms with E-state index in [-0.39, 0.29) is 5.91 Å². The van der Waals surface area contributed by atoms with Gasteiger partial charge in [-0.3, -0.25) is 4.79 Å². The molecule has 0 spiro atoms. The minimum atomic E-state index is 0.149. The van der Waals surface area contributed by atoms with E-state index in [0.717, 1.165) is 50.9 Å². The van der Waals surface area contributed by atoms with Gasteiger partial charge in [0, 0.05) is 24.3 Å². The number of hydrogen-bond donors (Lipinski definition) is 0. The third-order valence-electron chi connectivity index (χ3n) is 6.02. The Kier molecular flexibility index (Phi) is 5.09. The highest BCUT2D eigenvalue weighted by molar-refractivity contribution is 5.94. The smallest absolute Gasteiger partial charge is 0.274 e. The minimum absolute atomic E-state index is 0.149. The standard InChI is InChI=1S/C22H29N3O/c1-2-17-10-9-15-24(16-17)22(26)21-19-13-7-4-8-14-20(19)25(23-21)18-11-5-3-6-12-18/h3,5-6,11-12,17H,2,4,7-10,13-16H2,1H3. The van der Waals surface area contributed by atoms with E-state index >= 15 is 0 Å². The predicted molar refractivity (Wildman–Crippen MR) is 104 cm³/mol. The van der Waals surface area contributed by atoms with Crippen molar-refractivity contribution in [3.63, 3.8) is 0 Å². The molecular formula is C22H29N3O. The van der Waals surface area contributed by atoms with Gasteiger partial charge in [0.15, 0.2) is 5.69 Å². The van der Waals surface area contributed by atoms with E-state index in [1.54, 1.807) is 0 Å². The van der Waals surface area contributed by atoms with Gasteiger partial charge in [-0.25, -0.2) is 4.68 Å². The summed E-state index contributed by atoms with van der Waals surface area (Å²) in [7, 11) is 0. The molecule has 4 nitrogen and oxygen atoms in total. The number of carbonyl (C=O) groups is 1. The predicted octanol–water partition coefficient (Wildman–Crippen LogP) is 4.40. The monoisotopic (exact) mass is 351 g/mol. The number of rotatable bonds is 3. The maximum absolute atomic E-state index is 13.3. The summed E-state index contributed by atoms with van der Waals surface area (Å²) in [6.45, 7) is 4.00. The first-order valence-electron chi connectivity index (χ1n) is 10.2. The van der Waals surface area contributed by atoms with Crippen molar-refractivity contribution in [2.24, 2.45) is 5.92 Å². The highest BCUT2D eigenvalue weighted by Crippen LogP contribution is 2.28. The Morgan fingerprint density at radius 3 is 2.73 bits per heavy atom. The summed E-state index contributed by atoms with van der Waals surface area (Å²) in [5.74, 6) is 0.790. The Labute approximate surface area is 156 Å². The van der Waals surface area contributed by atoms with Gasteiger partial charge in [-0.15, -0.1) is 0 Å². The molecule has 26 heavy (non-hydrogen) atoms. The SMILES string of the molecule is CCC1CCCN(C(=O)c2nn(-c3ccccc3)c3c2CCCCC3)C1. The van der Waals surface area contributed by atoms with Crippen molar-refractivity contribution in [2.45, 2.75) is 58.3 Å². The van der Waals surface area contributed by atoms with Crippen LogP contribution in [0.2, 0.25) is 0 Å². The van der Waals surface area contributed by atoms with Crippen LogP contribution in [0.15, 0.2) is 30.3 Å². The van der Waals surface area contributed by atoms with E-state index in [9.17, 15) is 4.79 Å². The molecule has 4 heteroatoms.